The van der Waals surface area contributed by atoms with Crippen molar-refractivity contribution in [1.82, 2.24) is 9.97 Å². The van der Waals surface area contributed by atoms with Gasteiger partial charge in [-0.2, -0.15) is 0 Å². The van der Waals surface area contributed by atoms with E-state index in [1.807, 2.05) is 6.92 Å². The van der Waals surface area contributed by atoms with Crippen molar-refractivity contribution in [2.45, 2.75) is 51.2 Å². The van der Waals surface area contributed by atoms with Gasteiger partial charge in [0.05, 0.1) is 12.1 Å². The topological polar surface area (TPSA) is 58.0 Å². The third-order valence-electron chi connectivity index (χ3n) is 3.12. The van der Waals surface area contributed by atoms with E-state index >= 15 is 0 Å². The summed E-state index contributed by atoms with van der Waals surface area (Å²) in [6, 6.07) is 1.79. The highest BCUT2D eigenvalue weighted by molar-refractivity contribution is 6.29. The summed E-state index contributed by atoms with van der Waals surface area (Å²) in [6.07, 6.45) is 4.55. The molecule has 0 saturated heterocycles. The Morgan fingerprint density at radius 3 is 2.88 bits per heavy atom. The molecule has 4 nitrogen and oxygen atoms in total. The lowest BCUT2D eigenvalue weighted by molar-refractivity contribution is 0.116. The maximum Gasteiger partial charge on any atom is 0.134 e. The van der Waals surface area contributed by atoms with Crippen LogP contribution in [-0.4, -0.2) is 27.2 Å². The van der Waals surface area contributed by atoms with Crippen LogP contribution in [0.15, 0.2) is 6.07 Å². The zero-order valence-corrected chi connectivity index (χ0v) is 10.7. The molecule has 2 N–H and O–H groups in total. The first-order valence-corrected chi connectivity index (χ1v) is 6.55. The van der Waals surface area contributed by atoms with E-state index in [0.29, 0.717) is 11.0 Å². The highest BCUT2D eigenvalue weighted by Gasteiger charge is 2.23. The van der Waals surface area contributed by atoms with E-state index in [1.54, 1.807) is 6.07 Å². The molecule has 0 amide bonds. The van der Waals surface area contributed by atoms with Crippen molar-refractivity contribution in [3.63, 3.8) is 0 Å². The molecule has 94 valence electrons. The van der Waals surface area contributed by atoms with E-state index in [-0.39, 0.29) is 12.1 Å². The van der Waals surface area contributed by atoms with Gasteiger partial charge in [-0.25, -0.2) is 9.97 Å². The van der Waals surface area contributed by atoms with E-state index in [4.69, 9.17) is 11.6 Å². The van der Waals surface area contributed by atoms with Gasteiger partial charge in [-0.05, 0) is 12.8 Å². The van der Waals surface area contributed by atoms with Gasteiger partial charge >= 0.3 is 0 Å². The number of hydrogen-bond acceptors (Lipinski definition) is 4. The Hall–Kier alpha value is -0.870. The molecule has 1 aromatic rings. The minimum Gasteiger partial charge on any atom is -0.391 e. The molecule has 2 unspecified atom stereocenters. The fourth-order valence-corrected chi connectivity index (χ4v) is 2.37. The highest BCUT2D eigenvalue weighted by atomic mass is 35.5. The second-order valence-corrected chi connectivity index (χ2v) is 4.84. The van der Waals surface area contributed by atoms with E-state index in [2.05, 4.69) is 15.3 Å². The Kier molecular flexibility index (Phi) is 4.18. The molecule has 0 bridgehead atoms. The second-order valence-electron chi connectivity index (χ2n) is 4.45. The molecule has 1 aliphatic carbocycles. The van der Waals surface area contributed by atoms with Crippen molar-refractivity contribution < 1.29 is 5.11 Å². The third-order valence-corrected chi connectivity index (χ3v) is 3.31. The molecule has 2 rings (SSSR count). The number of anilines is 1. The van der Waals surface area contributed by atoms with E-state index in [1.165, 1.54) is 0 Å². The first-order valence-electron chi connectivity index (χ1n) is 6.17. The van der Waals surface area contributed by atoms with Gasteiger partial charge in [0.1, 0.15) is 16.8 Å². The van der Waals surface area contributed by atoms with Gasteiger partial charge in [-0.1, -0.05) is 31.4 Å². The highest BCUT2D eigenvalue weighted by Crippen LogP contribution is 2.22. The van der Waals surface area contributed by atoms with Gasteiger partial charge in [-0.15, -0.1) is 0 Å². The summed E-state index contributed by atoms with van der Waals surface area (Å²) in [5, 5.41) is 13.6. The van der Waals surface area contributed by atoms with Gasteiger partial charge in [0, 0.05) is 12.5 Å². The average Bonchev–Trinajstić information content (AvgIpc) is 2.31. The minimum absolute atomic E-state index is 0.0828. The number of rotatable bonds is 3. The molecular formula is C12H18ClN3O. The van der Waals surface area contributed by atoms with E-state index in [9.17, 15) is 5.11 Å². The molecule has 17 heavy (non-hydrogen) atoms. The summed E-state index contributed by atoms with van der Waals surface area (Å²) < 4.78 is 0. The second kappa shape index (κ2) is 5.65. The summed E-state index contributed by atoms with van der Waals surface area (Å²) in [5.41, 5.74) is 0. The maximum absolute atomic E-state index is 9.89. The smallest absolute Gasteiger partial charge is 0.134 e. The molecule has 0 aliphatic heterocycles. The molecule has 1 heterocycles. The van der Waals surface area contributed by atoms with Crippen LogP contribution in [0.1, 0.15) is 38.4 Å². The number of aryl methyl sites for hydroxylation is 1. The summed E-state index contributed by atoms with van der Waals surface area (Å²) in [7, 11) is 0. The van der Waals surface area contributed by atoms with Crippen molar-refractivity contribution in [3.8, 4) is 0 Å². The van der Waals surface area contributed by atoms with Crippen LogP contribution in [-0.2, 0) is 6.42 Å². The van der Waals surface area contributed by atoms with E-state index < -0.39 is 0 Å². The number of halogens is 1. The Balaban J connectivity index is 2.09. The fraction of sp³-hybridized carbons (Fsp3) is 0.667. The van der Waals surface area contributed by atoms with Crippen molar-refractivity contribution in [1.29, 1.82) is 0 Å². The first-order chi connectivity index (χ1) is 8.19. The zero-order chi connectivity index (χ0) is 12.3. The van der Waals surface area contributed by atoms with Gasteiger partial charge in [0.2, 0.25) is 0 Å². The SMILES string of the molecule is CCc1nc(Cl)cc(NC2CCCCC2O)n1. The minimum atomic E-state index is -0.289. The fourth-order valence-electron chi connectivity index (χ4n) is 2.17. The average molecular weight is 256 g/mol. The molecule has 2 atom stereocenters. The molecule has 1 aromatic heterocycles. The van der Waals surface area contributed by atoms with Gasteiger partial charge in [-0.3, -0.25) is 0 Å². The van der Waals surface area contributed by atoms with Crippen LogP contribution >= 0.6 is 11.6 Å². The Morgan fingerprint density at radius 2 is 2.18 bits per heavy atom. The normalized spacial score (nSPS) is 24.6. The summed E-state index contributed by atoms with van der Waals surface area (Å²) in [6.45, 7) is 1.99. The Labute approximate surface area is 106 Å². The summed E-state index contributed by atoms with van der Waals surface area (Å²) in [5.74, 6) is 1.44. The Morgan fingerprint density at radius 1 is 1.41 bits per heavy atom. The molecule has 0 spiro atoms. The number of hydrogen-bond donors (Lipinski definition) is 2. The molecular weight excluding hydrogens is 238 g/mol. The Bertz CT molecular complexity index is 386. The van der Waals surface area contributed by atoms with Crippen LogP contribution in [0.3, 0.4) is 0 Å². The van der Waals surface area contributed by atoms with Gasteiger partial charge in [0.15, 0.2) is 0 Å². The van der Waals surface area contributed by atoms with Gasteiger partial charge in [0.25, 0.3) is 0 Å². The van der Waals surface area contributed by atoms with Crippen molar-refractivity contribution in [2.24, 2.45) is 0 Å². The summed E-state index contributed by atoms with van der Waals surface area (Å²) >= 11 is 5.93. The largest absolute Gasteiger partial charge is 0.391 e. The lowest BCUT2D eigenvalue weighted by Crippen LogP contribution is -2.36. The van der Waals surface area contributed by atoms with Crippen LogP contribution in [0.5, 0.6) is 0 Å². The zero-order valence-electron chi connectivity index (χ0n) is 9.99. The number of aliphatic hydroxyl groups is 1. The van der Waals surface area contributed by atoms with Crippen molar-refractivity contribution in [3.05, 3.63) is 17.0 Å². The van der Waals surface area contributed by atoms with Crippen LogP contribution in [0.25, 0.3) is 0 Å². The summed E-state index contributed by atoms with van der Waals surface area (Å²) in [4.78, 5) is 8.48. The van der Waals surface area contributed by atoms with Crippen molar-refractivity contribution in [2.75, 3.05) is 5.32 Å². The molecule has 1 aliphatic rings. The molecule has 0 radical (unpaired) electrons. The van der Waals surface area contributed by atoms with Crippen LogP contribution in [0.2, 0.25) is 5.15 Å². The van der Waals surface area contributed by atoms with Crippen molar-refractivity contribution >= 4 is 17.4 Å². The molecule has 1 fully saturated rings. The van der Waals surface area contributed by atoms with Crippen LogP contribution < -0.4 is 5.32 Å². The monoisotopic (exact) mass is 255 g/mol. The number of aromatic nitrogens is 2. The van der Waals surface area contributed by atoms with Gasteiger partial charge < -0.3 is 10.4 Å². The van der Waals surface area contributed by atoms with E-state index in [0.717, 1.165) is 37.9 Å². The predicted molar refractivity (Wildman–Crippen MR) is 68.3 cm³/mol. The number of aliphatic hydroxyl groups excluding tert-OH is 1. The molecule has 0 aromatic carbocycles. The maximum atomic E-state index is 9.89. The van der Waals surface area contributed by atoms with Crippen LogP contribution in [0.4, 0.5) is 5.82 Å². The standard InChI is InChI=1S/C12H18ClN3O/c1-2-11-15-10(13)7-12(16-11)14-8-5-3-4-6-9(8)17/h7-9,17H,2-6H2,1H3,(H,14,15,16). The molecule has 5 heteroatoms. The number of nitrogens with one attached hydrogen (secondary N) is 1. The quantitative estimate of drug-likeness (QED) is 0.815. The molecule has 1 saturated carbocycles. The van der Waals surface area contributed by atoms with Crippen LogP contribution in [0, 0.1) is 0 Å². The predicted octanol–water partition coefficient (Wildman–Crippen LogP) is 2.41. The lowest BCUT2D eigenvalue weighted by atomic mass is 9.93. The first kappa shape index (κ1) is 12.6. The lowest BCUT2D eigenvalue weighted by Gasteiger charge is -2.28. The number of nitrogens with zero attached hydrogens (tertiary/aromatic N) is 2. The third kappa shape index (κ3) is 3.30.